The van der Waals surface area contributed by atoms with Crippen LogP contribution in [0.3, 0.4) is 0 Å². The van der Waals surface area contributed by atoms with E-state index in [0.717, 1.165) is 22.2 Å². The number of carboxylic acid groups (broad SMARTS) is 1. The zero-order chi connectivity index (χ0) is 10.4. The second kappa shape index (κ2) is 2.76. The molecule has 1 aliphatic rings. The Kier molecular flexibility index (Phi) is 1.54. The monoisotopic (exact) mass is 202 g/mol. The molecule has 2 heterocycles. The Morgan fingerprint density at radius 2 is 2.13 bits per heavy atom. The number of H-pyrrole nitrogens is 1. The summed E-state index contributed by atoms with van der Waals surface area (Å²) in [7, 11) is 0. The lowest BCUT2D eigenvalue weighted by atomic mass is 10.1. The van der Waals surface area contributed by atoms with Crippen molar-refractivity contribution in [2.75, 3.05) is 0 Å². The Morgan fingerprint density at radius 1 is 1.33 bits per heavy atom. The molecule has 3 rings (SSSR count). The van der Waals surface area contributed by atoms with Gasteiger partial charge in [0.25, 0.3) is 0 Å². The number of benzene rings is 1. The van der Waals surface area contributed by atoms with E-state index in [-0.39, 0.29) is 0 Å². The highest BCUT2D eigenvalue weighted by molar-refractivity contribution is 5.85. The lowest BCUT2D eigenvalue weighted by Gasteiger charge is -2.09. The molecular formula is C11H10N2O2. The number of nitrogens with zero attached hydrogens (tertiary/aromatic N) is 1. The van der Waals surface area contributed by atoms with Gasteiger partial charge in [0.15, 0.2) is 0 Å². The molecule has 0 radical (unpaired) electrons. The number of hydrogen-bond donors (Lipinski definition) is 2. The van der Waals surface area contributed by atoms with Gasteiger partial charge in [0.2, 0.25) is 0 Å². The molecule has 0 fully saturated rings. The molecule has 0 saturated carbocycles. The van der Waals surface area contributed by atoms with Crippen LogP contribution >= 0.6 is 0 Å². The van der Waals surface area contributed by atoms with E-state index in [0.29, 0.717) is 13.1 Å². The van der Waals surface area contributed by atoms with Crippen molar-refractivity contribution in [2.24, 2.45) is 0 Å². The van der Waals surface area contributed by atoms with Crippen molar-refractivity contribution in [3.8, 4) is 0 Å². The summed E-state index contributed by atoms with van der Waals surface area (Å²) in [5.74, 6) is 0. The number of amides is 1. The maximum atomic E-state index is 10.8. The van der Waals surface area contributed by atoms with E-state index in [9.17, 15) is 4.79 Å². The van der Waals surface area contributed by atoms with Crippen molar-refractivity contribution in [1.29, 1.82) is 0 Å². The van der Waals surface area contributed by atoms with Gasteiger partial charge in [-0.25, -0.2) is 4.79 Å². The van der Waals surface area contributed by atoms with Crippen LogP contribution in [-0.4, -0.2) is 21.1 Å². The quantitative estimate of drug-likeness (QED) is 0.687. The first-order valence-electron chi connectivity index (χ1n) is 4.82. The SMILES string of the molecule is O=C(O)N1Cc2[nH]c3ccccc3c2C1. The first-order valence-corrected chi connectivity index (χ1v) is 4.82. The fraction of sp³-hybridized carbons (Fsp3) is 0.182. The molecule has 76 valence electrons. The first kappa shape index (κ1) is 8.35. The summed E-state index contributed by atoms with van der Waals surface area (Å²) in [5.41, 5.74) is 3.24. The van der Waals surface area contributed by atoms with Crippen molar-refractivity contribution in [3.05, 3.63) is 35.5 Å². The van der Waals surface area contributed by atoms with Gasteiger partial charge < -0.3 is 10.1 Å². The van der Waals surface area contributed by atoms with E-state index in [1.807, 2.05) is 24.3 Å². The summed E-state index contributed by atoms with van der Waals surface area (Å²) in [4.78, 5) is 15.5. The van der Waals surface area contributed by atoms with Crippen molar-refractivity contribution >= 4 is 17.0 Å². The Balaban J connectivity index is 2.12. The standard InChI is InChI=1S/C11H10N2O2/c14-11(15)13-5-8-7-3-1-2-4-9(7)12-10(8)6-13/h1-4,12H,5-6H2,(H,14,15). The van der Waals surface area contributed by atoms with E-state index in [4.69, 9.17) is 5.11 Å². The van der Waals surface area contributed by atoms with E-state index >= 15 is 0 Å². The van der Waals surface area contributed by atoms with E-state index in [1.54, 1.807) is 0 Å². The van der Waals surface area contributed by atoms with Gasteiger partial charge in [0.05, 0.1) is 13.1 Å². The predicted molar refractivity (Wildman–Crippen MR) is 55.6 cm³/mol. The van der Waals surface area contributed by atoms with Crippen molar-refractivity contribution in [1.82, 2.24) is 9.88 Å². The molecule has 0 unspecified atom stereocenters. The van der Waals surface area contributed by atoms with Crippen LogP contribution in [0.15, 0.2) is 24.3 Å². The number of aromatic amines is 1. The van der Waals surface area contributed by atoms with Gasteiger partial charge in [-0.05, 0) is 6.07 Å². The highest BCUT2D eigenvalue weighted by Gasteiger charge is 2.26. The topological polar surface area (TPSA) is 56.3 Å². The highest BCUT2D eigenvalue weighted by atomic mass is 16.4. The number of nitrogens with one attached hydrogen (secondary N) is 1. The minimum absolute atomic E-state index is 0.472. The molecule has 15 heavy (non-hydrogen) atoms. The molecule has 1 aliphatic heterocycles. The summed E-state index contributed by atoms with van der Waals surface area (Å²) < 4.78 is 0. The minimum Gasteiger partial charge on any atom is -0.465 e. The van der Waals surface area contributed by atoms with Crippen molar-refractivity contribution in [2.45, 2.75) is 13.1 Å². The van der Waals surface area contributed by atoms with Crippen LogP contribution in [0.1, 0.15) is 11.3 Å². The van der Waals surface area contributed by atoms with Gasteiger partial charge in [0, 0.05) is 22.2 Å². The van der Waals surface area contributed by atoms with Gasteiger partial charge in [0.1, 0.15) is 0 Å². The number of aromatic nitrogens is 1. The molecule has 2 N–H and O–H groups in total. The lowest BCUT2D eigenvalue weighted by molar-refractivity contribution is 0.145. The van der Waals surface area contributed by atoms with Crippen LogP contribution in [0.5, 0.6) is 0 Å². The second-order valence-corrected chi connectivity index (χ2v) is 3.77. The summed E-state index contributed by atoms with van der Waals surface area (Å²) in [5, 5.41) is 10.0. The number of rotatable bonds is 0. The average molecular weight is 202 g/mol. The van der Waals surface area contributed by atoms with Crippen LogP contribution < -0.4 is 0 Å². The maximum absolute atomic E-state index is 10.8. The van der Waals surface area contributed by atoms with E-state index in [2.05, 4.69) is 4.98 Å². The summed E-state index contributed by atoms with van der Waals surface area (Å²) in [6, 6.07) is 7.98. The second-order valence-electron chi connectivity index (χ2n) is 3.77. The van der Waals surface area contributed by atoms with Crippen molar-refractivity contribution in [3.63, 3.8) is 0 Å². The zero-order valence-electron chi connectivity index (χ0n) is 8.03. The molecule has 1 amide bonds. The minimum atomic E-state index is -0.858. The Hall–Kier alpha value is -1.97. The molecule has 0 spiro atoms. The van der Waals surface area contributed by atoms with Crippen LogP contribution in [-0.2, 0) is 13.1 Å². The van der Waals surface area contributed by atoms with Gasteiger partial charge in [-0.3, -0.25) is 4.90 Å². The first-order chi connectivity index (χ1) is 7.25. The normalized spacial score (nSPS) is 14.5. The number of hydrogen-bond acceptors (Lipinski definition) is 1. The fourth-order valence-corrected chi connectivity index (χ4v) is 2.14. The highest BCUT2D eigenvalue weighted by Crippen LogP contribution is 2.29. The van der Waals surface area contributed by atoms with E-state index < -0.39 is 6.09 Å². The van der Waals surface area contributed by atoms with Gasteiger partial charge in [-0.2, -0.15) is 0 Å². The molecule has 0 bridgehead atoms. The summed E-state index contributed by atoms with van der Waals surface area (Å²) >= 11 is 0. The molecule has 0 atom stereocenters. The van der Waals surface area contributed by atoms with Crippen LogP contribution in [0.25, 0.3) is 10.9 Å². The Bertz CT molecular complexity index is 545. The average Bonchev–Trinajstić information content (AvgIpc) is 2.73. The Morgan fingerprint density at radius 3 is 2.93 bits per heavy atom. The third-order valence-electron chi connectivity index (χ3n) is 2.87. The zero-order valence-corrected chi connectivity index (χ0v) is 8.03. The molecule has 4 nitrogen and oxygen atoms in total. The van der Waals surface area contributed by atoms with Gasteiger partial charge in [-0.15, -0.1) is 0 Å². The number of fused-ring (bicyclic) bond motifs is 3. The molecule has 1 aromatic heterocycles. The predicted octanol–water partition coefficient (Wildman–Crippen LogP) is 2.16. The van der Waals surface area contributed by atoms with Gasteiger partial charge >= 0.3 is 6.09 Å². The van der Waals surface area contributed by atoms with Crippen LogP contribution in [0.4, 0.5) is 4.79 Å². The van der Waals surface area contributed by atoms with Gasteiger partial charge in [-0.1, -0.05) is 18.2 Å². The van der Waals surface area contributed by atoms with Crippen LogP contribution in [0.2, 0.25) is 0 Å². The third kappa shape index (κ3) is 1.11. The maximum Gasteiger partial charge on any atom is 0.407 e. The largest absolute Gasteiger partial charge is 0.465 e. The molecule has 0 saturated heterocycles. The third-order valence-corrected chi connectivity index (χ3v) is 2.87. The smallest absolute Gasteiger partial charge is 0.407 e. The molecule has 1 aromatic carbocycles. The lowest BCUT2D eigenvalue weighted by Crippen LogP contribution is -2.23. The van der Waals surface area contributed by atoms with Crippen LogP contribution in [0, 0.1) is 0 Å². The van der Waals surface area contributed by atoms with E-state index in [1.165, 1.54) is 4.90 Å². The molecule has 2 aromatic rings. The Labute approximate surface area is 86.1 Å². The molecule has 4 heteroatoms. The number of carbonyl (C=O) groups is 1. The fourth-order valence-electron chi connectivity index (χ4n) is 2.14. The van der Waals surface area contributed by atoms with Crippen molar-refractivity contribution < 1.29 is 9.90 Å². The molecular weight excluding hydrogens is 192 g/mol. The number of para-hydroxylation sites is 1. The summed E-state index contributed by atoms with van der Waals surface area (Å²) in [6.45, 7) is 0.966. The summed E-state index contributed by atoms with van der Waals surface area (Å²) in [6.07, 6.45) is -0.858. The molecule has 0 aliphatic carbocycles.